The molecule has 0 N–H and O–H groups in total. The van der Waals surface area contributed by atoms with Gasteiger partial charge in [0, 0.05) is 43.6 Å². The van der Waals surface area contributed by atoms with Crippen molar-refractivity contribution in [3.05, 3.63) is 58.3 Å². The first-order valence-electron chi connectivity index (χ1n) is 8.15. The predicted octanol–water partition coefficient (Wildman–Crippen LogP) is 1.21. The number of carbonyl (C=O) groups excluding carboxylic acids is 1. The molecule has 0 unspecified atom stereocenters. The minimum Gasteiger partial charge on any atom is -0.368 e. The van der Waals surface area contributed by atoms with Gasteiger partial charge in [0.05, 0.1) is 6.33 Å². The fourth-order valence-electron chi connectivity index (χ4n) is 2.92. The van der Waals surface area contributed by atoms with Crippen molar-refractivity contribution in [1.29, 1.82) is 0 Å². The number of piperazine rings is 1. The maximum Gasteiger partial charge on any atom is 0.253 e. The summed E-state index contributed by atoms with van der Waals surface area (Å²) in [6.07, 6.45) is 1.44. The summed E-state index contributed by atoms with van der Waals surface area (Å²) >= 11 is 0. The lowest BCUT2D eigenvalue weighted by molar-refractivity contribution is -0.132. The Morgan fingerprint density at radius 3 is 2.54 bits per heavy atom. The number of benzene rings is 1. The first kappa shape index (κ1) is 16.2. The van der Waals surface area contributed by atoms with Gasteiger partial charge in [-0.3, -0.25) is 14.2 Å². The van der Waals surface area contributed by atoms with Crippen LogP contribution in [0.5, 0.6) is 0 Å². The highest BCUT2D eigenvalue weighted by atomic mass is 16.2. The number of rotatable bonds is 3. The number of hydrogen-bond acceptors (Lipinski definition) is 4. The molecule has 0 atom stereocenters. The van der Waals surface area contributed by atoms with Gasteiger partial charge < -0.3 is 9.80 Å². The van der Waals surface area contributed by atoms with Gasteiger partial charge in [-0.15, -0.1) is 0 Å². The van der Waals surface area contributed by atoms with Crippen LogP contribution in [0.15, 0.2) is 41.5 Å². The molecule has 1 aliphatic rings. The highest BCUT2D eigenvalue weighted by Crippen LogP contribution is 2.17. The van der Waals surface area contributed by atoms with E-state index in [-0.39, 0.29) is 18.0 Å². The molecule has 1 fully saturated rings. The van der Waals surface area contributed by atoms with E-state index in [4.69, 9.17) is 0 Å². The first-order valence-corrected chi connectivity index (χ1v) is 8.15. The highest BCUT2D eigenvalue weighted by Gasteiger charge is 2.21. The molecule has 2 heterocycles. The lowest BCUT2D eigenvalue weighted by Gasteiger charge is -2.36. The van der Waals surface area contributed by atoms with E-state index >= 15 is 0 Å². The molecular weight excluding hydrogens is 304 g/mol. The summed E-state index contributed by atoms with van der Waals surface area (Å²) in [4.78, 5) is 32.5. The van der Waals surface area contributed by atoms with Crippen molar-refractivity contribution < 1.29 is 4.79 Å². The lowest BCUT2D eigenvalue weighted by atomic mass is 10.2. The van der Waals surface area contributed by atoms with Gasteiger partial charge in [-0.2, -0.15) is 0 Å². The molecule has 1 aromatic carbocycles. The van der Waals surface area contributed by atoms with Crippen LogP contribution in [0.3, 0.4) is 0 Å². The van der Waals surface area contributed by atoms with E-state index in [0.717, 1.165) is 13.1 Å². The minimum atomic E-state index is -0.186. The fraction of sp³-hybridized carbons (Fsp3) is 0.389. The SMILES string of the molecule is Cc1cccc(N2CCN(C(=O)Cn3cnc(C)cc3=O)CC2)c1. The number of amides is 1. The van der Waals surface area contributed by atoms with E-state index in [1.165, 1.54) is 28.2 Å². The smallest absolute Gasteiger partial charge is 0.253 e. The molecule has 6 heteroatoms. The molecule has 1 aliphatic heterocycles. The van der Waals surface area contributed by atoms with Crippen LogP contribution >= 0.6 is 0 Å². The third-order valence-electron chi connectivity index (χ3n) is 4.32. The molecule has 1 saturated heterocycles. The van der Waals surface area contributed by atoms with Crippen LogP contribution in [-0.2, 0) is 11.3 Å². The number of nitrogens with zero attached hydrogens (tertiary/aromatic N) is 4. The van der Waals surface area contributed by atoms with Crippen LogP contribution in [0.4, 0.5) is 5.69 Å². The standard InChI is InChI=1S/C18H22N4O2/c1-14-4-3-5-16(10-14)20-6-8-21(9-7-20)18(24)12-22-13-19-15(2)11-17(22)23/h3-5,10-11,13H,6-9,12H2,1-2H3. The maximum atomic E-state index is 12.4. The normalized spacial score (nSPS) is 14.8. The molecular formula is C18H22N4O2. The Morgan fingerprint density at radius 2 is 1.88 bits per heavy atom. The Morgan fingerprint density at radius 1 is 1.12 bits per heavy atom. The van der Waals surface area contributed by atoms with Crippen LogP contribution in [-0.4, -0.2) is 46.5 Å². The Hall–Kier alpha value is -2.63. The van der Waals surface area contributed by atoms with E-state index in [9.17, 15) is 9.59 Å². The average molecular weight is 326 g/mol. The highest BCUT2D eigenvalue weighted by molar-refractivity contribution is 5.76. The van der Waals surface area contributed by atoms with Crippen molar-refractivity contribution in [2.45, 2.75) is 20.4 Å². The molecule has 3 rings (SSSR count). The van der Waals surface area contributed by atoms with Gasteiger partial charge in [0.15, 0.2) is 0 Å². The summed E-state index contributed by atoms with van der Waals surface area (Å²) < 4.78 is 1.36. The quantitative estimate of drug-likeness (QED) is 0.851. The van der Waals surface area contributed by atoms with E-state index in [1.54, 1.807) is 6.92 Å². The molecule has 0 aliphatic carbocycles. The van der Waals surface area contributed by atoms with E-state index in [0.29, 0.717) is 18.8 Å². The second-order valence-electron chi connectivity index (χ2n) is 6.20. The van der Waals surface area contributed by atoms with Crippen LogP contribution in [0.25, 0.3) is 0 Å². The van der Waals surface area contributed by atoms with Crippen LogP contribution in [0.2, 0.25) is 0 Å². The first-order chi connectivity index (χ1) is 11.5. The zero-order valence-corrected chi connectivity index (χ0v) is 14.1. The molecule has 1 aromatic heterocycles. The summed E-state index contributed by atoms with van der Waals surface area (Å²) in [6.45, 7) is 6.83. The van der Waals surface area contributed by atoms with Gasteiger partial charge in [0.1, 0.15) is 6.54 Å². The number of aryl methyl sites for hydroxylation is 2. The van der Waals surface area contributed by atoms with Crippen LogP contribution < -0.4 is 10.5 Å². The van der Waals surface area contributed by atoms with E-state index in [1.807, 2.05) is 4.90 Å². The van der Waals surface area contributed by atoms with E-state index in [2.05, 4.69) is 41.1 Å². The van der Waals surface area contributed by atoms with Gasteiger partial charge in [-0.25, -0.2) is 4.98 Å². The third kappa shape index (κ3) is 3.64. The molecule has 24 heavy (non-hydrogen) atoms. The molecule has 0 bridgehead atoms. The van der Waals surface area contributed by atoms with Gasteiger partial charge in [0.25, 0.3) is 5.56 Å². The van der Waals surface area contributed by atoms with Gasteiger partial charge in [-0.1, -0.05) is 12.1 Å². The summed E-state index contributed by atoms with van der Waals surface area (Å²) in [5.41, 5.74) is 2.91. The Labute approximate surface area is 141 Å². The van der Waals surface area contributed by atoms with Gasteiger partial charge in [0.2, 0.25) is 5.91 Å². The topological polar surface area (TPSA) is 58.4 Å². The number of anilines is 1. The van der Waals surface area contributed by atoms with Crippen molar-refractivity contribution >= 4 is 11.6 Å². The average Bonchev–Trinajstić information content (AvgIpc) is 2.57. The number of carbonyl (C=O) groups is 1. The number of hydrogen-bond donors (Lipinski definition) is 0. The second-order valence-corrected chi connectivity index (χ2v) is 6.20. The zero-order chi connectivity index (χ0) is 17.1. The lowest BCUT2D eigenvalue weighted by Crippen LogP contribution is -2.50. The summed E-state index contributed by atoms with van der Waals surface area (Å²) in [7, 11) is 0. The van der Waals surface area contributed by atoms with Crippen LogP contribution in [0.1, 0.15) is 11.3 Å². The maximum absolute atomic E-state index is 12.4. The third-order valence-corrected chi connectivity index (χ3v) is 4.32. The molecule has 6 nitrogen and oxygen atoms in total. The minimum absolute atomic E-state index is 0.0355. The van der Waals surface area contributed by atoms with Crippen molar-refractivity contribution in [2.75, 3.05) is 31.1 Å². The molecule has 0 radical (unpaired) electrons. The Kier molecular flexibility index (Phi) is 4.64. The van der Waals surface area contributed by atoms with Crippen molar-refractivity contribution in [3.63, 3.8) is 0 Å². The van der Waals surface area contributed by atoms with Gasteiger partial charge in [-0.05, 0) is 31.5 Å². The number of aromatic nitrogens is 2. The zero-order valence-electron chi connectivity index (χ0n) is 14.1. The molecule has 126 valence electrons. The predicted molar refractivity (Wildman–Crippen MR) is 93.2 cm³/mol. The van der Waals surface area contributed by atoms with Crippen LogP contribution in [0, 0.1) is 13.8 Å². The monoisotopic (exact) mass is 326 g/mol. The Bertz CT molecular complexity index is 792. The fourth-order valence-corrected chi connectivity index (χ4v) is 2.92. The second kappa shape index (κ2) is 6.86. The molecule has 0 spiro atoms. The van der Waals surface area contributed by atoms with E-state index < -0.39 is 0 Å². The van der Waals surface area contributed by atoms with Crippen molar-refractivity contribution in [3.8, 4) is 0 Å². The summed E-state index contributed by atoms with van der Waals surface area (Å²) in [5, 5.41) is 0. The summed E-state index contributed by atoms with van der Waals surface area (Å²) in [5.74, 6) is -0.0355. The Balaban J connectivity index is 1.60. The summed E-state index contributed by atoms with van der Waals surface area (Å²) in [6, 6.07) is 9.84. The molecule has 0 saturated carbocycles. The molecule has 2 aromatic rings. The largest absolute Gasteiger partial charge is 0.368 e. The molecule has 1 amide bonds. The van der Waals surface area contributed by atoms with Crippen molar-refractivity contribution in [2.24, 2.45) is 0 Å². The van der Waals surface area contributed by atoms with Gasteiger partial charge >= 0.3 is 0 Å². The van der Waals surface area contributed by atoms with Crippen molar-refractivity contribution in [1.82, 2.24) is 14.5 Å².